The van der Waals surface area contributed by atoms with Crippen molar-refractivity contribution in [1.29, 1.82) is 0 Å². The zero-order valence-electron chi connectivity index (χ0n) is 28.7. The van der Waals surface area contributed by atoms with Gasteiger partial charge < -0.3 is 15.0 Å². The van der Waals surface area contributed by atoms with Gasteiger partial charge in [0.05, 0.1) is 10.6 Å². The molecule has 0 aromatic heterocycles. The number of benzene rings is 5. The third-order valence-electron chi connectivity index (χ3n) is 8.36. The molecule has 10 heteroatoms. The molecule has 0 heterocycles. The lowest BCUT2D eigenvalue weighted by Crippen LogP contribution is -2.53. The van der Waals surface area contributed by atoms with Crippen LogP contribution in [0.5, 0.6) is 11.5 Å². The molecule has 8 nitrogen and oxygen atoms in total. The van der Waals surface area contributed by atoms with E-state index in [1.165, 1.54) is 17.0 Å². The van der Waals surface area contributed by atoms with Gasteiger partial charge in [-0.1, -0.05) is 108 Å². The molecule has 51 heavy (non-hydrogen) atoms. The summed E-state index contributed by atoms with van der Waals surface area (Å²) in [5, 5.41) is 3.02. The first-order chi connectivity index (χ1) is 24.6. The third-order valence-corrected chi connectivity index (χ3v) is 10.7. The van der Waals surface area contributed by atoms with Crippen molar-refractivity contribution in [3.8, 4) is 11.5 Å². The molecule has 264 valence electrons. The van der Waals surface area contributed by atoms with Gasteiger partial charge in [-0.3, -0.25) is 13.9 Å². The Labute approximate surface area is 309 Å². The lowest BCUT2D eigenvalue weighted by molar-refractivity contribution is -0.140. The van der Waals surface area contributed by atoms with Crippen LogP contribution in [-0.4, -0.2) is 44.3 Å². The monoisotopic (exact) mass is 767 g/mol. The Hall–Kier alpha value is -4.93. The molecule has 0 bridgehead atoms. The molecular formula is C41H42BrN3O5S. The number of nitrogens with one attached hydrogen (secondary N) is 1. The predicted molar refractivity (Wildman–Crippen MR) is 205 cm³/mol. The fraction of sp³-hybridized carbons (Fsp3) is 0.220. The van der Waals surface area contributed by atoms with E-state index >= 15 is 0 Å². The summed E-state index contributed by atoms with van der Waals surface area (Å²) in [5.41, 5.74) is 2.85. The molecular weight excluding hydrogens is 726 g/mol. The molecule has 0 fully saturated rings. The highest BCUT2D eigenvalue weighted by Crippen LogP contribution is 2.29. The van der Waals surface area contributed by atoms with Gasteiger partial charge in [0.25, 0.3) is 10.0 Å². The fourth-order valence-electron chi connectivity index (χ4n) is 5.52. The molecule has 0 aliphatic rings. The number of hydrogen-bond acceptors (Lipinski definition) is 5. The van der Waals surface area contributed by atoms with Gasteiger partial charge in [0.2, 0.25) is 11.8 Å². The lowest BCUT2D eigenvalue weighted by Gasteiger charge is -2.34. The highest BCUT2D eigenvalue weighted by atomic mass is 79.9. The number of anilines is 1. The summed E-state index contributed by atoms with van der Waals surface area (Å²) in [4.78, 5) is 30.2. The number of ether oxygens (including phenoxy) is 1. The Morgan fingerprint density at radius 2 is 1.37 bits per heavy atom. The molecule has 0 saturated carbocycles. The maximum atomic E-state index is 14.7. The molecule has 1 N–H and O–H groups in total. The Morgan fingerprint density at radius 1 is 0.765 bits per heavy atom. The summed E-state index contributed by atoms with van der Waals surface area (Å²) >= 11 is 3.48. The van der Waals surface area contributed by atoms with Crippen LogP contribution in [0.15, 0.2) is 143 Å². The number of unbranched alkanes of at least 4 members (excludes halogenated alkanes) is 1. The quantitative estimate of drug-likeness (QED) is 0.102. The van der Waals surface area contributed by atoms with Crippen molar-refractivity contribution in [2.45, 2.75) is 50.6 Å². The minimum absolute atomic E-state index is 0.0446. The predicted octanol–water partition coefficient (Wildman–Crippen LogP) is 8.30. The third kappa shape index (κ3) is 10.3. The van der Waals surface area contributed by atoms with E-state index in [1.54, 1.807) is 36.4 Å². The van der Waals surface area contributed by atoms with E-state index in [9.17, 15) is 18.0 Å². The molecule has 0 saturated heterocycles. The first-order valence-corrected chi connectivity index (χ1v) is 19.2. The number of sulfonamides is 1. The van der Waals surface area contributed by atoms with E-state index in [0.29, 0.717) is 18.0 Å². The molecule has 5 rings (SSSR count). The summed E-state index contributed by atoms with van der Waals surface area (Å²) in [7, 11) is -4.23. The second kappa shape index (κ2) is 17.8. The number of amides is 2. The Bertz CT molecular complexity index is 1970. The summed E-state index contributed by atoms with van der Waals surface area (Å²) in [6, 6.07) is 38.5. The van der Waals surface area contributed by atoms with Crippen molar-refractivity contribution < 1.29 is 22.7 Å². The van der Waals surface area contributed by atoms with Crippen LogP contribution in [0.3, 0.4) is 0 Å². The molecule has 2 amide bonds. The van der Waals surface area contributed by atoms with E-state index in [1.807, 2.05) is 98.8 Å². The minimum atomic E-state index is -4.23. The van der Waals surface area contributed by atoms with Gasteiger partial charge in [-0.05, 0) is 85.1 Å². The molecule has 5 aromatic rings. The van der Waals surface area contributed by atoms with Gasteiger partial charge in [0, 0.05) is 24.0 Å². The van der Waals surface area contributed by atoms with Crippen LogP contribution in [0.4, 0.5) is 5.69 Å². The number of carbonyl (C=O) groups excluding carboxylic acids is 2. The number of carbonyl (C=O) groups is 2. The zero-order valence-corrected chi connectivity index (χ0v) is 31.1. The molecule has 0 aliphatic carbocycles. The zero-order chi connectivity index (χ0) is 36.2. The van der Waals surface area contributed by atoms with Crippen molar-refractivity contribution in [3.63, 3.8) is 0 Å². The van der Waals surface area contributed by atoms with E-state index in [-0.39, 0.29) is 29.5 Å². The maximum absolute atomic E-state index is 14.7. The minimum Gasteiger partial charge on any atom is -0.457 e. The van der Waals surface area contributed by atoms with Crippen molar-refractivity contribution in [3.05, 3.63) is 155 Å². The fourth-order valence-corrected chi connectivity index (χ4v) is 7.20. The molecule has 0 radical (unpaired) electrons. The second-order valence-corrected chi connectivity index (χ2v) is 15.0. The van der Waals surface area contributed by atoms with Crippen molar-refractivity contribution in [1.82, 2.24) is 10.2 Å². The van der Waals surface area contributed by atoms with Gasteiger partial charge in [0.1, 0.15) is 24.1 Å². The van der Waals surface area contributed by atoms with Crippen LogP contribution in [-0.2, 0) is 32.6 Å². The normalized spacial score (nSPS) is 11.7. The average molecular weight is 769 g/mol. The summed E-state index contributed by atoms with van der Waals surface area (Å²) < 4.78 is 36.7. The lowest BCUT2D eigenvalue weighted by atomic mass is 10.0. The van der Waals surface area contributed by atoms with Crippen molar-refractivity contribution >= 4 is 43.5 Å². The molecule has 1 unspecified atom stereocenters. The van der Waals surface area contributed by atoms with Crippen LogP contribution in [0.2, 0.25) is 0 Å². The molecule has 1 atom stereocenters. The van der Waals surface area contributed by atoms with Crippen LogP contribution in [0.1, 0.15) is 36.5 Å². The Kier molecular flexibility index (Phi) is 13.0. The first kappa shape index (κ1) is 37.3. The topological polar surface area (TPSA) is 96.0 Å². The van der Waals surface area contributed by atoms with Crippen molar-refractivity contribution in [2.75, 3.05) is 17.4 Å². The number of para-hydroxylation sites is 1. The maximum Gasteiger partial charge on any atom is 0.264 e. The van der Waals surface area contributed by atoms with Gasteiger partial charge in [-0.15, -0.1) is 0 Å². The Morgan fingerprint density at radius 3 is 2.00 bits per heavy atom. The van der Waals surface area contributed by atoms with Gasteiger partial charge in [-0.2, -0.15) is 0 Å². The SMILES string of the molecule is CCCCNC(=O)C(Cc1ccccc1)N(Cc1ccc(Br)cc1)C(=O)CN(c1ccc(Oc2ccccc2)cc1)S(=O)(=O)c1ccc(C)cc1. The smallest absolute Gasteiger partial charge is 0.264 e. The highest BCUT2D eigenvalue weighted by molar-refractivity contribution is 9.10. The average Bonchev–Trinajstić information content (AvgIpc) is 3.14. The standard InChI is InChI=1S/C41H42BrN3O5S/c1-3-4-27-43-41(47)39(28-32-11-7-5-8-12-32)44(29-33-17-19-34(42)20-18-33)40(46)30-45(51(48,49)38-25-15-31(2)16-26-38)35-21-23-37(24-22-35)50-36-13-9-6-10-14-36/h5-26,39H,3-4,27-30H2,1-2H3,(H,43,47). The van der Waals surface area contributed by atoms with Gasteiger partial charge in [0.15, 0.2) is 0 Å². The highest BCUT2D eigenvalue weighted by Gasteiger charge is 2.34. The number of rotatable bonds is 16. The molecule has 5 aromatic carbocycles. The Balaban J connectivity index is 1.54. The van der Waals surface area contributed by atoms with Gasteiger partial charge in [-0.25, -0.2) is 8.42 Å². The molecule has 0 spiro atoms. The largest absolute Gasteiger partial charge is 0.457 e. The van der Waals surface area contributed by atoms with E-state index in [0.717, 1.165) is 38.3 Å². The number of halogens is 1. The van der Waals surface area contributed by atoms with Crippen LogP contribution < -0.4 is 14.4 Å². The van der Waals surface area contributed by atoms with E-state index in [2.05, 4.69) is 21.2 Å². The van der Waals surface area contributed by atoms with Crippen LogP contribution >= 0.6 is 15.9 Å². The second-order valence-electron chi connectivity index (χ2n) is 12.2. The van der Waals surface area contributed by atoms with Gasteiger partial charge >= 0.3 is 0 Å². The number of hydrogen-bond donors (Lipinski definition) is 1. The van der Waals surface area contributed by atoms with Crippen molar-refractivity contribution in [2.24, 2.45) is 0 Å². The summed E-state index contributed by atoms with van der Waals surface area (Å²) in [6.07, 6.45) is 1.93. The number of aryl methyl sites for hydroxylation is 1. The molecule has 0 aliphatic heterocycles. The van der Waals surface area contributed by atoms with E-state index < -0.39 is 28.5 Å². The van der Waals surface area contributed by atoms with E-state index in [4.69, 9.17) is 4.74 Å². The summed E-state index contributed by atoms with van der Waals surface area (Å²) in [6.45, 7) is 3.93. The first-order valence-electron chi connectivity index (χ1n) is 16.9. The van der Waals surface area contributed by atoms with Crippen LogP contribution in [0.25, 0.3) is 0 Å². The summed E-state index contributed by atoms with van der Waals surface area (Å²) in [5.74, 6) is 0.320. The number of nitrogens with zero attached hydrogens (tertiary/aromatic N) is 2. The van der Waals surface area contributed by atoms with Crippen LogP contribution in [0, 0.1) is 6.92 Å².